The molecular formula is C20H18AlLiO2. The van der Waals surface area contributed by atoms with Crippen LogP contribution in [0.2, 0.25) is 0 Å². The van der Waals surface area contributed by atoms with Crippen molar-refractivity contribution in [1.29, 1.82) is 0 Å². The molecule has 0 aromatic heterocycles. The molecule has 2 N–H and O–H groups in total. The fourth-order valence-electron chi connectivity index (χ4n) is 2.94. The van der Waals surface area contributed by atoms with Crippen molar-refractivity contribution < 1.29 is 14.5 Å². The van der Waals surface area contributed by atoms with Crippen molar-refractivity contribution in [2.24, 2.45) is 0 Å². The molecule has 0 spiro atoms. The number of phenolic OH excluding ortho intramolecular Hbond substituents is 2. The zero-order valence-electron chi connectivity index (χ0n) is 15.4. The second kappa shape index (κ2) is 7.35. The van der Waals surface area contributed by atoms with Gasteiger partial charge in [0.15, 0.2) is 0 Å². The van der Waals surface area contributed by atoms with Crippen molar-refractivity contribution in [3.05, 3.63) is 72.8 Å². The van der Waals surface area contributed by atoms with E-state index >= 15 is 0 Å². The maximum absolute atomic E-state index is 10.6. The summed E-state index contributed by atoms with van der Waals surface area (Å²) in [6, 6.07) is 23.0. The van der Waals surface area contributed by atoms with Crippen LogP contribution in [0.1, 0.15) is 4.28 Å². The standard InChI is InChI=1S/C20H14O2.Al.Li.4H/c21-19-15-7-3-1-5-13(15)9-11-17(19)18-12-10-14-6-2-4-8-16(14)20(18)22;;;;;;/h1-12,21-22H;;;;;;/q;+3;;;3*-1. The number of aromatic hydroxyl groups is 2. The van der Waals surface area contributed by atoms with E-state index in [1.165, 1.54) is 0 Å². The van der Waals surface area contributed by atoms with Crippen LogP contribution in [0.4, 0.5) is 0 Å². The zero-order valence-corrected chi connectivity index (χ0v) is 13.6. The van der Waals surface area contributed by atoms with Gasteiger partial charge in [-0.2, -0.15) is 0 Å². The van der Waals surface area contributed by atoms with Crippen LogP contribution >= 0.6 is 0 Å². The molecule has 0 amide bonds. The molecule has 4 rings (SSSR count). The number of hydrogen-bond acceptors (Lipinski definition) is 2. The number of phenols is 2. The topological polar surface area (TPSA) is 40.5 Å². The van der Waals surface area contributed by atoms with Crippen molar-refractivity contribution in [2.45, 2.75) is 0 Å². The SMILES string of the molecule is Oc1c(-c2ccc3ccccc3c2O)ccc2ccccc12.[Al+3].[H-].[H-].[H-].[LiH]. The predicted octanol–water partition coefficient (Wildman–Crippen LogP) is 4.38. The first kappa shape index (κ1) is 18.5. The summed E-state index contributed by atoms with van der Waals surface area (Å²) in [7, 11) is 0. The molecule has 0 atom stereocenters. The van der Waals surface area contributed by atoms with Gasteiger partial charge in [-0.3, -0.25) is 0 Å². The average molecular weight is 324 g/mol. The molecule has 0 saturated carbocycles. The van der Waals surface area contributed by atoms with Gasteiger partial charge in [-0.05, 0) is 22.9 Å². The van der Waals surface area contributed by atoms with Gasteiger partial charge in [0.2, 0.25) is 0 Å². The Balaban J connectivity index is 0. The van der Waals surface area contributed by atoms with Gasteiger partial charge in [-0.25, -0.2) is 0 Å². The summed E-state index contributed by atoms with van der Waals surface area (Å²) in [5.74, 6) is 0.396. The van der Waals surface area contributed by atoms with Crippen molar-refractivity contribution in [3.8, 4) is 22.6 Å². The fourth-order valence-corrected chi connectivity index (χ4v) is 2.94. The van der Waals surface area contributed by atoms with Gasteiger partial charge < -0.3 is 14.5 Å². The Bertz CT molecular complexity index is 945. The normalized spacial score (nSPS) is 10.2. The van der Waals surface area contributed by atoms with Crippen molar-refractivity contribution in [2.75, 3.05) is 0 Å². The molecule has 0 aliphatic rings. The Labute approximate surface area is 167 Å². The third-order valence-electron chi connectivity index (χ3n) is 4.09. The summed E-state index contributed by atoms with van der Waals surface area (Å²) < 4.78 is 0. The molecule has 0 aliphatic heterocycles. The molecule has 2 nitrogen and oxygen atoms in total. The molecule has 4 heteroatoms. The second-order valence-corrected chi connectivity index (χ2v) is 5.37. The van der Waals surface area contributed by atoms with Crippen LogP contribution in [0.25, 0.3) is 32.7 Å². The van der Waals surface area contributed by atoms with E-state index in [1.54, 1.807) is 0 Å². The van der Waals surface area contributed by atoms with Crippen LogP contribution in [-0.4, -0.2) is 46.4 Å². The molecule has 0 saturated heterocycles. The van der Waals surface area contributed by atoms with Gasteiger partial charge in [0.25, 0.3) is 0 Å². The zero-order chi connectivity index (χ0) is 15.1. The molecule has 4 aromatic rings. The van der Waals surface area contributed by atoms with Crippen LogP contribution < -0.4 is 0 Å². The molecule has 0 aliphatic carbocycles. The summed E-state index contributed by atoms with van der Waals surface area (Å²) in [6.07, 6.45) is 0. The van der Waals surface area contributed by atoms with Crippen LogP contribution in [0.15, 0.2) is 72.8 Å². The number of rotatable bonds is 1. The van der Waals surface area contributed by atoms with E-state index in [-0.39, 0.29) is 52.0 Å². The van der Waals surface area contributed by atoms with E-state index in [2.05, 4.69) is 0 Å². The summed E-state index contributed by atoms with van der Waals surface area (Å²) in [4.78, 5) is 0. The molecule has 114 valence electrons. The molecular weight excluding hydrogens is 306 g/mol. The molecule has 4 aromatic carbocycles. The Morgan fingerprint density at radius 1 is 0.542 bits per heavy atom. The van der Waals surface area contributed by atoms with Gasteiger partial charge >= 0.3 is 36.2 Å². The second-order valence-electron chi connectivity index (χ2n) is 5.37. The Kier molecular flexibility index (Phi) is 5.66. The first-order chi connectivity index (χ1) is 10.8. The minimum absolute atomic E-state index is 0. The van der Waals surface area contributed by atoms with E-state index in [0.29, 0.717) is 11.1 Å². The van der Waals surface area contributed by atoms with Gasteiger partial charge in [-0.15, -0.1) is 0 Å². The van der Waals surface area contributed by atoms with Crippen LogP contribution in [0.3, 0.4) is 0 Å². The van der Waals surface area contributed by atoms with Crippen molar-refractivity contribution >= 4 is 57.8 Å². The Hall–Kier alpha value is -1.87. The third kappa shape index (κ3) is 2.93. The summed E-state index contributed by atoms with van der Waals surface area (Å²) in [5.41, 5.74) is 1.28. The summed E-state index contributed by atoms with van der Waals surface area (Å²) >= 11 is 0. The molecule has 0 bridgehead atoms. The van der Waals surface area contributed by atoms with E-state index < -0.39 is 0 Å². The van der Waals surface area contributed by atoms with Gasteiger partial charge in [0.1, 0.15) is 11.5 Å². The quantitative estimate of drug-likeness (QED) is 0.510. The first-order valence-electron chi connectivity index (χ1n) is 7.17. The van der Waals surface area contributed by atoms with Gasteiger partial charge in [0, 0.05) is 21.9 Å². The molecule has 0 radical (unpaired) electrons. The Morgan fingerprint density at radius 2 is 0.917 bits per heavy atom. The average Bonchev–Trinajstić information content (AvgIpc) is 2.57. The molecule has 0 heterocycles. The van der Waals surface area contributed by atoms with Crippen LogP contribution in [-0.2, 0) is 0 Å². The fraction of sp³-hybridized carbons (Fsp3) is 0. The van der Waals surface area contributed by atoms with Gasteiger partial charge in [-0.1, -0.05) is 60.7 Å². The molecule has 24 heavy (non-hydrogen) atoms. The molecule has 0 unspecified atom stereocenters. The van der Waals surface area contributed by atoms with Gasteiger partial charge in [0.05, 0.1) is 0 Å². The van der Waals surface area contributed by atoms with E-state index in [1.807, 2.05) is 72.8 Å². The predicted molar refractivity (Wildman–Crippen MR) is 106 cm³/mol. The van der Waals surface area contributed by atoms with Crippen LogP contribution in [0.5, 0.6) is 11.5 Å². The maximum atomic E-state index is 10.6. The van der Waals surface area contributed by atoms with E-state index in [0.717, 1.165) is 21.5 Å². The number of hydrogen-bond donors (Lipinski definition) is 2. The van der Waals surface area contributed by atoms with Crippen molar-refractivity contribution in [1.82, 2.24) is 0 Å². The monoisotopic (exact) mass is 324 g/mol. The number of fused-ring (bicyclic) bond motifs is 2. The Morgan fingerprint density at radius 3 is 1.33 bits per heavy atom. The van der Waals surface area contributed by atoms with Crippen LogP contribution in [0, 0.1) is 0 Å². The van der Waals surface area contributed by atoms with Crippen molar-refractivity contribution in [3.63, 3.8) is 0 Å². The minimum atomic E-state index is 0. The first-order valence-corrected chi connectivity index (χ1v) is 7.17. The number of benzene rings is 4. The summed E-state index contributed by atoms with van der Waals surface area (Å²) in [6.45, 7) is 0. The molecule has 0 fully saturated rings. The third-order valence-corrected chi connectivity index (χ3v) is 4.09. The van der Waals surface area contributed by atoms with E-state index in [9.17, 15) is 10.2 Å². The summed E-state index contributed by atoms with van der Waals surface area (Å²) in [5, 5.41) is 24.7. The van der Waals surface area contributed by atoms with E-state index in [4.69, 9.17) is 0 Å².